The molecular weight excluding hydrogens is 373 g/mol. The number of aliphatic hydroxyl groups excluding tert-OH is 1. The van der Waals surface area contributed by atoms with Gasteiger partial charge < -0.3 is 24.6 Å². The maximum atomic E-state index is 15.2. The Bertz CT molecular complexity index is 794. The van der Waals surface area contributed by atoms with Crippen molar-refractivity contribution in [3.63, 3.8) is 0 Å². The van der Waals surface area contributed by atoms with E-state index in [4.69, 9.17) is 14.2 Å². The summed E-state index contributed by atoms with van der Waals surface area (Å²) in [5.41, 5.74) is 1.12. The molecule has 2 N–H and O–H groups in total. The van der Waals surface area contributed by atoms with Gasteiger partial charge in [0, 0.05) is 32.4 Å². The minimum atomic E-state index is -0.844. The smallest absolute Gasteiger partial charge is 0.131 e. The van der Waals surface area contributed by atoms with Crippen molar-refractivity contribution in [1.82, 2.24) is 5.32 Å². The highest BCUT2D eigenvalue weighted by Gasteiger charge is 2.44. The number of hydrogen-bond acceptors (Lipinski definition) is 5. The van der Waals surface area contributed by atoms with Gasteiger partial charge in [0.15, 0.2) is 0 Å². The van der Waals surface area contributed by atoms with Gasteiger partial charge in [0.25, 0.3) is 0 Å². The van der Waals surface area contributed by atoms with Crippen LogP contribution in [0.3, 0.4) is 0 Å². The van der Waals surface area contributed by atoms with Gasteiger partial charge in [0.05, 0.1) is 13.7 Å². The second-order valence-corrected chi connectivity index (χ2v) is 7.23. The van der Waals surface area contributed by atoms with Gasteiger partial charge in [-0.25, -0.2) is 4.39 Å². The Morgan fingerprint density at radius 1 is 1.21 bits per heavy atom. The van der Waals surface area contributed by atoms with Crippen LogP contribution in [0.1, 0.15) is 24.8 Å². The summed E-state index contributed by atoms with van der Waals surface area (Å²) in [6.07, 6.45) is 1.72. The lowest BCUT2D eigenvalue weighted by atomic mass is 9.78. The lowest BCUT2D eigenvalue weighted by Gasteiger charge is -2.43. The van der Waals surface area contributed by atoms with Crippen molar-refractivity contribution < 1.29 is 23.7 Å². The zero-order chi connectivity index (χ0) is 20.7. The van der Waals surface area contributed by atoms with Crippen LogP contribution in [-0.2, 0) is 15.1 Å². The monoisotopic (exact) mass is 403 g/mol. The Labute approximate surface area is 171 Å². The number of hydrogen-bond donors (Lipinski definition) is 2. The average molecular weight is 403 g/mol. The van der Waals surface area contributed by atoms with Crippen LogP contribution in [0, 0.1) is 5.82 Å². The molecule has 3 rings (SSSR count). The fraction of sp³-hybridized carbons (Fsp3) is 0.478. The highest BCUT2D eigenvalue weighted by Crippen LogP contribution is 2.43. The van der Waals surface area contributed by atoms with Crippen molar-refractivity contribution in [2.24, 2.45) is 0 Å². The number of benzene rings is 2. The largest absolute Gasteiger partial charge is 0.497 e. The fourth-order valence-electron chi connectivity index (χ4n) is 4.13. The second kappa shape index (κ2) is 10.2. The predicted molar refractivity (Wildman–Crippen MR) is 111 cm³/mol. The molecule has 0 spiro atoms. The number of morpholine rings is 1. The number of halogens is 1. The number of aliphatic hydroxyl groups is 1. The lowest BCUT2D eigenvalue weighted by molar-refractivity contribution is -0.149. The summed E-state index contributed by atoms with van der Waals surface area (Å²) in [4.78, 5) is 0. The number of methoxy groups -OCH3 is 2. The molecule has 0 aromatic heterocycles. The van der Waals surface area contributed by atoms with Crippen LogP contribution < -0.4 is 10.1 Å². The van der Waals surface area contributed by atoms with Gasteiger partial charge in [0.1, 0.15) is 23.3 Å². The Morgan fingerprint density at radius 3 is 2.72 bits per heavy atom. The molecule has 0 radical (unpaired) electrons. The number of ether oxygens (including phenoxy) is 3. The molecule has 6 heteroatoms. The molecule has 158 valence electrons. The molecule has 2 aromatic carbocycles. The van der Waals surface area contributed by atoms with Crippen LogP contribution in [0.4, 0.5) is 4.39 Å². The van der Waals surface area contributed by atoms with E-state index in [1.807, 2.05) is 30.3 Å². The predicted octanol–water partition coefficient (Wildman–Crippen LogP) is 3.49. The molecule has 5 nitrogen and oxygen atoms in total. The zero-order valence-electron chi connectivity index (χ0n) is 17.1. The Kier molecular flexibility index (Phi) is 7.61. The molecule has 2 aromatic rings. The van der Waals surface area contributed by atoms with Gasteiger partial charge in [-0.2, -0.15) is 0 Å². The standard InChI is InChI=1S/C23H30FNO4/c1-27-18-8-5-7-17(15-18)22-19(9-6-10-20(22)24)23(28-2,11-3-4-13-26)21-16-25-12-14-29-21/h5-10,15,21,25-26H,3-4,11-14,16H2,1-2H3/t21-,23-/m1/s1. The van der Waals surface area contributed by atoms with E-state index in [1.165, 1.54) is 6.07 Å². The lowest BCUT2D eigenvalue weighted by Crippen LogP contribution is -2.52. The second-order valence-electron chi connectivity index (χ2n) is 7.23. The molecule has 0 unspecified atom stereocenters. The maximum absolute atomic E-state index is 15.2. The van der Waals surface area contributed by atoms with E-state index < -0.39 is 5.60 Å². The molecule has 1 fully saturated rings. The summed E-state index contributed by atoms with van der Waals surface area (Å²) in [5.74, 6) is 0.346. The molecule has 1 aliphatic heterocycles. The third-order valence-electron chi connectivity index (χ3n) is 5.60. The first-order valence-corrected chi connectivity index (χ1v) is 10.1. The number of unbranched alkanes of at least 4 members (excludes halogenated alkanes) is 1. The quantitative estimate of drug-likeness (QED) is 0.628. The summed E-state index contributed by atoms with van der Waals surface area (Å²) in [6.45, 7) is 2.06. The Morgan fingerprint density at radius 2 is 2.03 bits per heavy atom. The summed E-state index contributed by atoms with van der Waals surface area (Å²) in [7, 11) is 3.24. The number of rotatable bonds is 9. The van der Waals surface area contributed by atoms with Crippen LogP contribution in [0.25, 0.3) is 11.1 Å². The molecule has 0 bridgehead atoms. The molecule has 2 atom stereocenters. The summed E-state index contributed by atoms with van der Waals surface area (Å²) in [6, 6.07) is 12.5. The first-order chi connectivity index (χ1) is 14.2. The van der Waals surface area contributed by atoms with E-state index in [0.29, 0.717) is 37.3 Å². The van der Waals surface area contributed by atoms with E-state index in [2.05, 4.69) is 5.32 Å². The molecule has 1 saturated heterocycles. The van der Waals surface area contributed by atoms with Gasteiger partial charge in [-0.3, -0.25) is 0 Å². The maximum Gasteiger partial charge on any atom is 0.131 e. The number of nitrogens with one attached hydrogen (secondary N) is 1. The van der Waals surface area contributed by atoms with Crippen molar-refractivity contribution in [2.75, 3.05) is 40.5 Å². The minimum absolute atomic E-state index is 0.107. The first kappa shape index (κ1) is 21.7. The SMILES string of the molecule is COc1cccc(-c2c(F)cccc2[C@@](CCCCO)(OC)[C@H]2CNCCO2)c1. The van der Waals surface area contributed by atoms with Crippen LogP contribution in [0.2, 0.25) is 0 Å². The van der Waals surface area contributed by atoms with E-state index in [1.54, 1.807) is 20.3 Å². The summed E-state index contributed by atoms with van der Waals surface area (Å²) < 4.78 is 32.8. The molecular formula is C23H30FNO4. The van der Waals surface area contributed by atoms with E-state index in [9.17, 15) is 5.11 Å². The van der Waals surface area contributed by atoms with Gasteiger partial charge >= 0.3 is 0 Å². The Hall–Kier alpha value is -1.99. The molecule has 1 aliphatic rings. The summed E-state index contributed by atoms with van der Waals surface area (Å²) in [5, 5.41) is 12.7. The topological polar surface area (TPSA) is 60.0 Å². The highest BCUT2D eigenvalue weighted by molar-refractivity contribution is 5.71. The van der Waals surface area contributed by atoms with Gasteiger partial charge in [-0.05, 0) is 48.6 Å². The fourth-order valence-corrected chi connectivity index (χ4v) is 4.13. The normalized spacial score (nSPS) is 19.0. The van der Waals surface area contributed by atoms with Gasteiger partial charge in [-0.15, -0.1) is 0 Å². The van der Waals surface area contributed by atoms with Crippen molar-refractivity contribution >= 4 is 0 Å². The minimum Gasteiger partial charge on any atom is -0.497 e. The third kappa shape index (κ3) is 4.61. The van der Waals surface area contributed by atoms with Crippen molar-refractivity contribution in [3.8, 4) is 16.9 Å². The van der Waals surface area contributed by atoms with Gasteiger partial charge in [-0.1, -0.05) is 24.3 Å². The molecule has 0 saturated carbocycles. The van der Waals surface area contributed by atoms with Crippen LogP contribution in [0.5, 0.6) is 5.75 Å². The van der Waals surface area contributed by atoms with Crippen LogP contribution in [0.15, 0.2) is 42.5 Å². The molecule has 0 amide bonds. The highest BCUT2D eigenvalue weighted by atomic mass is 19.1. The Balaban J connectivity index is 2.15. The molecule has 0 aliphatic carbocycles. The van der Waals surface area contributed by atoms with Crippen molar-refractivity contribution in [1.29, 1.82) is 0 Å². The van der Waals surface area contributed by atoms with Crippen LogP contribution in [-0.4, -0.2) is 51.7 Å². The zero-order valence-corrected chi connectivity index (χ0v) is 17.1. The third-order valence-corrected chi connectivity index (χ3v) is 5.60. The van der Waals surface area contributed by atoms with Crippen LogP contribution >= 0.6 is 0 Å². The average Bonchev–Trinajstić information content (AvgIpc) is 2.77. The van der Waals surface area contributed by atoms with E-state index in [-0.39, 0.29) is 18.5 Å². The molecule has 29 heavy (non-hydrogen) atoms. The molecule has 1 heterocycles. The van der Waals surface area contributed by atoms with Gasteiger partial charge in [0.2, 0.25) is 0 Å². The van der Waals surface area contributed by atoms with E-state index in [0.717, 1.165) is 24.1 Å². The summed E-state index contributed by atoms with van der Waals surface area (Å²) >= 11 is 0. The van der Waals surface area contributed by atoms with Crippen molar-refractivity contribution in [2.45, 2.75) is 31.0 Å². The van der Waals surface area contributed by atoms with E-state index >= 15 is 4.39 Å². The first-order valence-electron chi connectivity index (χ1n) is 10.1. The van der Waals surface area contributed by atoms with Crippen molar-refractivity contribution in [3.05, 3.63) is 53.8 Å².